The molecule has 5 nitrogen and oxygen atoms in total. The zero-order valence-corrected chi connectivity index (χ0v) is 12.2. The van der Waals surface area contributed by atoms with Crippen molar-refractivity contribution in [1.29, 1.82) is 0 Å². The molecule has 1 aliphatic heterocycles. The summed E-state index contributed by atoms with van der Waals surface area (Å²) < 4.78 is 0. The minimum absolute atomic E-state index is 0.00602. The van der Waals surface area contributed by atoms with E-state index in [-0.39, 0.29) is 16.7 Å². The van der Waals surface area contributed by atoms with E-state index in [4.69, 9.17) is 10.8 Å². The van der Waals surface area contributed by atoms with Crippen LogP contribution >= 0.6 is 11.8 Å². The second-order valence-electron chi connectivity index (χ2n) is 4.66. The highest BCUT2D eigenvalue weighted by Gasteiger charge is 2.28. The number of anilines is 2. The Hall–Kier alpha value is -1.69. The third kappa shape index (κ3) is 2.90. The molecule has 20 heavy (non-hydrogen) atoms. The third-order valence-corrected chi connectivity index (χ3v) is 4.72. The molecule has 0 spiro atoms. The van der Waals surface area contributed by atoms with Crippen molar-refractivity contribution in [3.05, 3.63) is 23.8 Å². The standard InChI is InChI=1S/C14H18N2O3S/c1-2-16(13(17)12-4-3-7-20-12)11-6-5-9(14(18)19)8-10(11)15/h5-6,8,12H,2-4,7,15H2,1H3,(H,18,19). The first-order chi connectivity index (χ1) is 9.54. The summed E-state index contributed by atoms with van der Waals surface area (Å²) in [5.41, 5.74) is 6.95. The molecule has 3 N–H and O–H groups in total. The number of rotatable bonds is 4. The average Bonchev–Trinajstić information content (AvgIpc) is 2.94. The highest BCUT2D eigenvalue weighted by atomic mass is 32.2. The fourth-order valence-electron chi connectivity index (χ4n) is 2.32. The lowest BCUT2D eigenvalue weighted by Gasteiger charge is -2.25. The van der Waals surface area contributed by atoms with Crippen LogP contribution in [0, 0.1) is 0 Å². The van der Waals surface area contributed by atoms with E-state index in [1.165, 1.54) is 12.1 Å². The van der Waals surface area contributed by atoms with Crippen molar-refractivity contribution in [3.63, 3.8) is 0 Å². The average molecular weight is 294 g/mol. The Morgan fingerprint density at radius 1 is 1.50 bits per heavy atom. The van der Waals surface area contributed by atoms with Gasteiger partial charge in [0.15, 0.2) is 0 Å². The molecule has 2 rings (SSSR count). The van der Waals surface area contributed by atoms with Crippen molar-refractivity contribution in [3.8, 4) is 0 Å². The van der Waals surface area contributed by atoms with Crippen molar-refractivity contribution in [2.45, 2.75) is 25.0 Å². The van der Waals surface area contributed by atoms with Crippen LogP contribution in [0.1, 0.15) is 30.1 Å². The first kappa shape index (κ1) is 14.7. The monoisotopic (exact) mass is 294 g/mol. The summed E-state index contributed by atoms with van der Waals surface area (Å²) in [6.07, 6.45) is 1.96. The van der Waals surface area contributed by atoms with Crippen molar-refractivity contribution in [2.75, 3.05) is 22.9 Å². The maximum absolute atomic E-state index is 12.5. The van der Waals surface area contributed by atoms with E-state index < -0.39 is 5.97 Å². The lowest BCUT2D eigenvalue weighted by molar-refractivity contribution is -0.118. The van der Waals surface area contributed by atoms with Crippen LogP contribution in [-0.4, -0.2) is 34.5 Å². The van der Waals surface area contributed by atoms with Gasteiger partial charge in [-0.3, -0.25) is 4.79 Å². The maximum atomic E-state index is 12.5. The molecule has 1 saturated heterocycles. The molecule has 1 aliphatic rings. The second-order valence-corrected chi connectivity index (χ2v) is 5.97. The van der Waals surface area contributed by atoms with E-state index in [0.29, 0.717) is 17.9 Å². The Balaban J connectivity index is 2.27. The SMILES string of the molecule is CCN(C(=O)C1CCCS1)c1ccc(C(=O)O)cc1N. The number of carbonyl (C=O) groups excluding carboxylic acids is 1. The molecular formula is C14H18N2O3S. The summed E-state index contributed by atoms with van der Waals surface area (Å²) >= 11 is 1.68. The van der Waals surface area contributed by atoms with Gasteiger partial charge >= 0.3 is 5.97 Å². The van der Waals surface area contributed by atoms with E-state index in [2.05, 4.69) is 0 Å². The Labute approximate surface area is 122 Å². The summed E-state index contributed by atoms with van der Waals surface area (Å²) in [5.74, 6) is 0.0512. The number of nitrogens with two attached hydrogens (primary N) is 1. The van der Waals surface area contributed by atoms with Crippen LogP contribution in [0.15, 0.2) is 18.2 Å². The minimum atomic E-state index is -1.02. The summed E-state index contributed by atoms with van der Waals surface area (Å²) in [7, 11) is 0. The first-order valence-electron chi connectivity index (χ1n) is 6.60. The summed E-state index contributed by atoms with van der Waals surface area (Å²) in [6, 6.07) is 4.49. The molecule has 0 bridgehead atoms. The number of hydrogen-bond donors (Lipinski definition) is 2. The molecule has 1 fully saturated rings. The van der Waals surface area contributed by atoms with Crippen LogP contribution in [0.25, 0.3) is 0 Å². The first-order valence-corrected chi connectivity index (χ1v) is 7.65. The molecule has 1 aromatic carbocycles. The lowest BCUT2D eigenvalue weighted by Crippen LogP contribution is -2.37. The van der Waals surface area contributed by atoms with Gasteiger partial charge in [0.2, 0.25) is 5.91 Å². The Morgan fingerprint density at radius 3 is 2.75 bits per heavy atom. The maximum Gasteiger partial charge on any atom is 0.335 e. The fraction of sp³-hybridized carbons (Fsp3) is 0.429. The number of carboxylic acid groups (broad SMARTS) is 1. The zero-order chi connectivity index (χ0) is 14.7. The Kier molecular flexibility index (Phi) is 4.54. The van der Waals surface area contributed by atoms with E-state index >= 15 is 0 Å². The molecule has 1 atom stereocenters. The molecule has 0 aliphatic carbocycles. The molecule has 6 heteroatoms. The van der Waals surface area contributed by atoms with Crippen LogP contribution < -0.4 is 10.6 Å². The van der Waals surface area contributed by atoms with Crippen LogP contribution in [-0.2, 0) is 4.79 Å². The molecule has 0 aromatic heterocycles. The van der Waals surface area contributed by atoms with E-state index in [1.54, 1.807) is 22.7 Å². The smallest absolute Gasteiger partial charge is 0.335 e. The van der Waals surface area contributed by atoms with E-state index in [1.807, 2.05) is 6.92 Å². The van der Waals surface area contributed by atoms with Crippen molar-refractivity contribution >= 4 is 35.0 Å². The van der Waals surface area contributed by atoms with Crippen LogP contribution in [0.5, 0.6) is 0 Å². The molecule has 0 saturated carbocycles. The molecule has 108 valence electrons. The molecule has 1 heterocycles. The largest absolute Gasteiger partial charge is 0.478 e. The molecule has 1 aromatic rings. The number of nitrogens with zero attached hydrogens (tertiary/aromatic N) is 1. The molecule has 1 unspecified atom stereocenters. The normalized spacial score (nSPS) is 17.9. The fourth-order valence-corrected chi connectivity index (χ4v) is 3.55. The van der Waals surface area contributed by atoms with E-state index in [9.17, 15) is 9.59 Å². The lowest BCUT2D eigenvalue weighted by atomic mass is 10.1. The number of carboxylic acids is 1. The summed E-state index contributed by atoms with van der Waals surface area (Å²) in [5, 5.41) is 8.93. The Bertz CT molecular complexity index is 527. The third-order valence-electron chi connectivity index (χ3n) is 3.35. The Morgan fingerprint density at radius 2 is 2.25 bits per heavy atom. The van der Waals surface area contributed by atoms with Crippen LogP contribution in [0.4, 0.5) is 11.4 Å². The van der Waals surface area contributed by atoms with Gasteiger partial charge in [0, 0.05) is 6.54 Å². The van der Waals surface area contributed by atoms with Gasteiger partial charge in [-0.2, -0.15) is 0 Å². The van der Waals surface area contributed by atoms with Crippen molar-refractivity contribution in [1.82, 2.24) is 0 Å². The van der Waals surface area contributed by atoms with Gasteiger partial charge in [-0.1, -0.05) is 0 Å². The highest BCUT2D eigenvalue weighted by molar-refractivity contribution is 8.00. The molecule has 1 amide bonds. The highest BCUT2D eigenvalue weighted by Crippen LogP contribution is 2.31. The van der Waals surface area contributed by atoms with Gasteiger partial charge in [0.25, 0.3) is 0 Å². The zero-order valence-electron chi connectivity index (χ0n) is 11.3. The van der Waals surface area contributed by atoms with E-state index in [0.717, 1.165) is 18.6 Å². The number of amides is 1. The number of aromatic carboxylic acids is 1. The van der Waals surface area contributed by atoms with Gasteiger partial charge in [-0.15, -0.1) is 11.8 Å². The van der Waals surface area contributed by atoms with Crippen molar-refractivity contribution in [2.24, 2.45) is 0 Å². The van der Waals surface area contributed by atoms with Gasteiger partial charge in [0.1, 0.15) is 0 Å². The summed E-state index contributed by atoms with van der Waals surface area (Å²) in [4.78, 5) is 25.0. The predicted molar refractivity (Wildman–Crippen MR) is 81.3 cm³/mol. The molecule has 0 radical (unpaired) electrons. The van der Waals surface area contributed by atoms with Crippen molar-refractivity contribution < 1.29 is 14.7 Å². The number of benzene rings is 1. The number of nitrogen functional groups attached to an aromatic ring is 1. The van der Waals surface area contributed by atoms with Gasteiger partial charge in [0.05, 0.1) is 22.2 Å². The van der Waals surface area contributed by atoms with Gasteiger partial charge in [-0.05, 0) is 43.7 Å². The van der Waals surface area contributed by atoms with Gasteiger partial charge < -0.3 is 15.7 Å². The summed E-state index contributed by atoms with van der Waals surface area (Å²) in [6.45, 7) is 2.41. The number of carbonyl (C=O) groups is 2. The van der Waals surface area contributed by atoms with Gasteiger partial charge in [-0.25, -0.2) is 4.79 Å². The quantitative estimate of drug-likeness (QED) is 0.832. The van der Waals surface area contributed by atoms with Crippen LogP contribution in [0.3, 0.4) is 0 Å². The molecular weight excluding hydrogens is 276 g/mol. The number of hydrogen-bond acceptors (Lipinski definition) is 4. The number of thioether (sulfide) groups is 1. The minimum Gasteiger partial charge on any atom is -0.478 e. The second kappa shape index (κ2) is 6.17. The predicted octanol–water partition coefficient (Wildman–Crippen LogP) is 2.22. The van der Waals surface area contributed by atoms with Crippen LogP contribution in [0.2, 0.25) is 0 Å². The topological polar surface area (TPSA) is 83.6 Å².